The Morgan fingerprint density at radius 1 is 0.881 bits per heavy atom. The molecular weight excluding hydrogens is 867 g/mol. The molecule has 0 aliphatic carbocycles. The third-order valence-corrected chi connectivity index (χ3v) is 13.4. The van der Waals surface area contributed by atoms with E-state index < -0.39 is 126 Å². The second-order valence-electron chi connectivity index (χ2n) is 20.2. The lowest BCUT2D eigenvalue weighted by atomic mass is 9.92. The van der Waals surface area contributed by atoms with E-state index in [1.807, 2.05) is 34.6 Å². The van der Waals surface area contributed by atoms with Gasteiger partial charge in [-0.15, -0.1) is 0 Å². The molecule has 0 radical (unpaired) electrons. The van der Waals surface area contributed by atoms with Gasteiger partial charge in [0, 0.05) is 39.6 Å². The summed E-state index contributed by atoms with van der Waals surface area (Å²) in [6.07, 6.45) is -1.69. The third-order valence-electron chi connectivity index (χ3n) is 13.4. The molecule has 380 valence electrons. The van der Waals surface area contributed by atoms with Crippen LogP contribution in [0.4, 0.5) is 0 Å². The number of hydrogen-bond acceptors (Lipinski definition) is 13. The van der Waals surface area contributed by atoms with Crippen molar-refractivity contribution in [3.05, 3.63) is 0 Å². The van der Waals surface area contributed by atoms with Gasteiger partial charge in [-0.05, 0) is 82.6 Å². The number of amides is 6. The van der Waals surface area contributed by atoms with Crippen molar-refractivity contribution in [2.45, 2.75) is 195 Å². The summed E-state index contributed by atoms with van der Waals surface area (Å²) in [5.41, 5.74) is 0. The number of esters is 2. The largest absolute Gasteiger partial charge is 0.458 e. The average molecular weight is 948 g/mol. The zero-order valence-electron chi connectivity index (χ0n) is 42.3. The summed E-state index contributed by atoms with van der Waals surface area (Å²) in [6.45, 7) is 19.8. The molecule has 0 spiro atoms. The van der Waals surface area contributed by atoms with E-state index in [0.29, 0.717) is 45.1 Å². The molecule has 6 amide bonds. The Morgan fingerprint density at radius 2 is 1.52 bits per heavy atom. The second kappa shape index (κ2) is 25.6. The molecule has 0 aromatic carbocycles. The lowest BCUT2D eigenvalue weighted by Crippen LogP contribution is -2.61. The monoisotopic (exact) mass is 948 g/mol. The number of likely N-dealkylation sites (tertiary alicyclic amines) is 1. The van der Waals surface area contributed by atoms with Crippen molar-refractivity contribution in [3.63, 3.8) is 0 Å². The van der Waals surface area contributed by atoms with Crippen LogP contribution >= 0.6 is 0 Å². The van der Waals surface area contributed by atoms with Crippen molar-refractivity contribution >= 4 is 53.2 Å². The van der Waals surface area contributed by atoms with Crippen molar-refractivity contribution in [2.24, 2.45) is 23.7 Å². The molecule has 3 saturated heterocycles. The fourth-order valence-corrected chi connectivity index (χ4v) is 9.39. The minimum Gasteiger partial charge on any atom is -0.458 e. The van der Waals surface area contributed by atoms with E-state index in [9.17, 15) is 48.3 Å². The Kier molecular flexibility index (Phi) is 21.7. The Balaban J connectivity index is 2.12. The van der Waals surface area contributed by atoms with Crippen LogP contribution in [0.1, 0.15) is 134 Å². The van der Waals surface area contributed by atoms with Crippen LogP contribution in [0.15, 0.2) is 0 Å². The first kappa shape index (κ1) is 56.7. The molecule has 0 aromatic rings. The van der Waals surface area contributed by atoms with Crippen molar-refractivity contribution < 1.29 is 57.7 Å². The van der Waals surface area contributed by atoms with Gasteiger partial charge in [-0.25, -0.2) is 4.79 Å². The Bertz CT molecular complexity index is 1780. The highest BCUT2D eigenvalue weighted by atomic mass is 16.6. The zero-order valence-corrected chi connectivity index (χ0v) is 42.3. The molecule has 3 fully saturated rings. The maximum atomic E-state index is 14.6. The smallest absolute Gasteiger partial charge is 0.329 e. The van der Waals surface area contributed by atoms with Gasteiger partial charge in [0.25, 0.3) is 11.8 Å². The maximum absolute atomic E-state index is 14.6. The number of rotatable bonds is 14. The molecule has 0 bridgehead atoms. The predicted molar refractivity (Wildman–Crippen MR) is 248 cm³/mol. The van der Waals surface area contributed by atoms with Gasteiger partial charge in [0.05, 0.1) is 24.6 Å². The highest BCUT2D eigenvalue weighted by Crippen LogP contribution is 2.26. The third kappa shape index (κ3) is 15.2. The number of ketones is 1. The summed E-state index contributed by atoms with van der Waals surface area (Å²) < 4.78 is 11.7. The van der Waals surface area contributed by atoms with E-state index in [-0.39, 0.29) is 43.8 Å². The van der Waals surface area contributed by atoms with Crippen LogP contribution < -0.4 is 16.0 Å². The molecule has 67 heavy (non-hydrogen) atoms. The molecule has 19 nitrogen and oxygen atoms in total. The average Bonchev–Trinajstić information content (AvgIpc) is 3.93. The van der Waals surface area contributed by atoms with Crippen LogP contribution in [0.3, 0.4) is 0 Å². The number of fused-ring (bicyclic) bond motifs is 1. The van der Waals surface area contributed by atoms with Gasteiger partial charge >= 0.3 is 11.9 Å². The highest BCUT2D eigenvalue weighted by molar-refractivity contribution is 6.35. The number of likely N-dealkylation sites (N-methyl/N-ethyl adjacent to an activating group) is 2. The molecule has 11 atom stereocenters. The van der Waals surface area contributed by atoms with Gasteiger partial charge in [-0.2, -0.15) is 0 Å². The highest BCUT2D eigenvalue weighted by Gasteiger charge is 2.44. The summed E-state index contributed by atoms with van der Waals surface area (Å²) >= 11 is 0. The molecule has 3 heterocycles. The maximum Gasteiger partial charge on any atom is 0.329 e. The van der Waals surface area contributed by atoms with Gasteiger partial charge in [0.2, 0.25) is 29.4 Å². The number of aliphatic hydroxyl groups excluding tert-OH is 1. The van der Waals surface area contributed by atoms with Gasteiger partial charge in [-0.3, -0.25) is 43.3 Å². The number of ether oxygens (including phenoxy) is 2. The van der Waals surface area contributed by atoms with E-state index in [1.165, 1.54) is 35.6 Å². The van der Waals surface area contributed by atoms with Crippen molar-refractivity contribution in [1.82, 2.24) is 35.6 Å². The van der Waals surface area contributed by atoms with Crippen LogP contribution in [0, 0.1) is 23.7 Å². The number of hydrogen-bond donors (Lipinski definition) is 4. The molecule has 3 aliphatic rings. The van der Waals surface area contributed by atoms with E-state index in [4.69, 9.17) is 9.47 Å². The fourth-order valence-electron chi connectivity index (χ4n) is 9.39. The molecule has 19 heteroatoms. The van der Waals surface area contributed by atoms with Crippen LogP contribution in [-0.4, -0.2) is 172 Å². The number of nitrogens with one attached hydrogen (secondary N) is 3. The molecule has 0 aromatic heterocycles. The van der Waals surface area contributed by atoms with Crippen molar-refractivity contribution in [3.8, 4) is 0 Å². The Labute approximate surface area is 397 Å². The van der Waals surface area contributed by atoms with E-state index >= 15 is 0 Å². The second-order valence-corrected chi connectivity index (χ2v) is 20.2. The standard InChI is InChI=1S/C48H81N7O12/c1-14-29(9)39-37(57)24-38(58)67-41(28(7)8)44(61)49-33(22-26(3)4)46(63)55-21-17-19-35(55)47(64)53(13)34(15-2)48(65)66-31(11)40(43(60)50-39)51-42(59)36(23-27(5)6)52(12)25-32-18-16-20-54(32)45(62)30(10)56/h26-29,31-37,39-41,57H,14-25H2,1-13H3,(H,49,61)(H,50,60)(H,51,59)/t29-,31-,32-,33-,34-,35-,36+,37-,39-,40+,41-/m0/s1. The minimum absolute atomic E-state index is 0.0134. The number of carbonyl (C=O) groups excluding carboxylic acids is 9. The quantitative estimate of drug-likeness (QED) is 0.144. The van der Waals surface area contributed by atoms with E-state index in [2.05, 4.69) is 16.0 Å². The Hall–Kier alpha value is -4.65. The predicted octanol–water partition coefficient (Wildman–Crippen LogP) is 1.95. The van der Waals surface area contributed by atoms with Crippen LogP contribution in [0.2, 0.25) is 0 Å². The summed E-state index contributed by atoms with van der Waals surface area (Å²) in [5, 5.41) is 20.1. The van der Waals surface area contributed by atoms with Crippen molar-refractivity contribution in [2.75, 3.05) is 33.7 Å². The molecular formula is C48H81N7O12. The molecule has 0 saturated carbocycles. The van der Waals surface area contributed by atoms with Gasteiger partial charge in [0.1, 0.15) is 30.3 Å². The summed E-state index contributed by atoms with van der Waals surface area (Å²) in [5.74, 6) is -7.18. The van der Waals surface area contributed by atoms with E-state index in [0.717, 1.165) is 0 Å². The number of aliphatic hydroxyl groups is 1. The molecule has 0 unspecified atom stereocenters. The van der Waals surface area contributed by atoms with Crippen LogP contribution in [-0.2, 0) is 52.6 Å². The minimum atomic E-state index is -1.56. The first-order valence-corrected chi connectivity index (χ1v) is 24.4. The van der Waals surface area contributed by atoms with Gasteiger partial charge in [0.15, 0.2) is 6.10 Å². The number of nitrogens with zero attached hydrogens (tertiary/aromatic N) is 4. The fraction of sp³-hybridized carbons (Fsp3) is 0.812. The molecule has 3 rings (SSSR count). The van der Waals surface area contributed by atoms with Gasteiger partial charge < -0.3 is 45.2 Å². The lowest BCUT2D eigenvalue weighted by molar-refractivity contribution is -0.162. The molecule has 3 aliphatic heterocycles. The summed E-state index contributed by atoms with van der Waals surface area (Å²) in [7, 11) is 3.17. The van der Waals surface area contributed by atoms with Crippen molar-refractivity contribution in [1.29, 1.82) is 0 Å². The number of cyclic esters (lactones) is 2. The lowest BCUT2D eigenvalue weighted by Gasteiger charge is -2.36. The van der Waals surface area contributed by atoms with E-state index in [1.54, 1.807) is 39.6 Å². The topological polar surface area (TPSA) is 241 Å². The zero-order chi connectivity index (χ0) is 50.6. The van der Waals surface area contributed by atoms with Gasteiger partial charge in [-0.1, -0.05) is 68.7 Å². The number of Topliss-reactive ketones (excluding diaryl/α,β-unsaturated/α-hetero) is 1. The van der Waals surface area contributed by atoms with Crippen LogP contribution in [0.5, 0.6) is 0 Å². The normalized spacial score (nSPS) is 28.7. The first-order chi connectivity index (χ1) is 31.3. The van der Waals surface area contributed by atoms with Crippen LogP contribution in [0.25, 0.3) is 0 Å². The molecule has 4 N–H and O–H groups in total. The number of carbonyl (C=O) groups is 9. The SMILES string of the molecule is CC[C@H](C)[C@@H]1NC(=O)[C@H](NC(=O)[C@@H](CC(C)C)N(C)C[C@@H]2CCCN2C(=O)C(C)=O)[C@H](C)OC(=O)[C@H](CC)N(C)C(=O)[C@@H]2CCCN2C(=O)[C@H](CC(C)C)NC(=O)[C@H](C(C)C)OC(=O)C[C@@H]1O. The first-order valence-electron chi connectivity index (χ1n) is 24.4. The Morgan fingerprint density at radius 3 is 2.09 bits per heavy atom. The summed E-state index contributed by atoms with van der Waals surface area (Å²) in [6, 6.07) is -7.03. The summed E-state index contributed by atoms with van der Waals surface area (Å²) in [4.78, 5) is 130.